The molecular formula is C10H8N6O2S. The van der Waals surface area contributed by atoms with E-state index in [0.29, 0.717) is 26.9 Å². The molecule has 96 valence electrons. The van der Waals surface area contributed by atoms with Crippen LogP contribution in [0.15, 0.2) is 18.7 Å². The molecule has 3 rings (SSSR count). The lowest BCUT2D eigenvalue weighted by atomic mass is 10.4. The molecule has 3 N–H and O–H groups in total. The van der Waals surface area contributed by atoms with Gasteiger partial charge in [-0.1, -0.05) is 11.3 Å². The maximum Gasteiger partial charge on any atom is 0.308 e. The van der Waals surface area contributed by atoms with Crippen molar-refractivity contribution in [1.29, 1.82) is 0 Å². The summed E-state index contributed by atoms with van der Waals surface area (Å²) in [5.41, 5.74) is 6.26. The van der Waals surface area contributed by atoms with Crippen LogP contribution in [-0.2, 0) is 11.2 Å². The first-order chi connectivity index (χ1) is 9.15. The number of nitrogens with two attached hydrogens (primary N) is 1. The second-order valence-electron chi connectivity index (χ2n) is 3.73. The fourth-order valence-corrected chi connectivity index (χ4v) is 2.49. The number of nitrogen functional groups attached to an aromatic ring is 1. The molecule has 3 aromatic rings. The number of rotatable bonds is 3. The Morgan fingerprint density at radius 1 is 1.37 bits per heavy atom. The number of aliphatic carboxylic acids is 1. The Morgan fingerprint density at radius 2 is 2.21 bits per heavy atom. The number of thiazole rings is 1. The Labute approximate surface area is 110 Å². The summed E-state index contributed by atoms with van der Waals surface area (Å²) in [7, 11) is 0. The first-order valence-electron chi connectivity index (χ1n) is 5.26. The van der Waals surface area contributed by atoms with E-state index in [1.54, 1.807) is 6.20 Å². The quantitative estimate of drug-likeness (QED) is 0.713. The number of carbonyl (C=O) groups is 1. The Bertz CT molecular complexity index is 764. The van der Waals surface area contributed by atoms with E-state index >= 15 is 0 Å². The molecule has 3 heterocycles. The van der Waals surface area contributed by atoms with Gasteiger partial charge in [0.15, 0.2) is 5.65 Å². The third-order valence-corrected chi connectivity index (χ3v) is 3.42. The Kier molecular flexibility index (Phi) is 2.60. The van der Waals surface area contributed by atoms with Crippen molar-refractivity contribution in [2.24, 2.45) is 0 Å². The molecule has 3 aromatic heterocycles. The highest BCUT2D eigenvalue weighted by atomic mass is 32.1. The van der Waals surface area contributed by atoms with Crippen LogP contribution in [0.25, 0.3) is 16.2 Å². The van der Waals surface area contributed by atoms with Gasteiger partial charge in [0.25, 0.3) is 0 Å². The van der Waals surface area contributed by atoms with Gasteiger partial charge in [-0.15, -0.1) is 0 Å². The van der Waals surface area contributed by atoms with Crippen LogP contribution in [0.3, 0.4) is 0 Å². The molecule has 0 atom stereocenters. The highest BCUT2D eigenvalue weighted by Gasteiger charge is 2.13. The minimum Gasteiger partial charge on any atom is -0.481 e. The molecule has 0 saturated carbocycles. The molecule has 0 fully saturated rings. The van der Waals surface area contributed by atoms with E-state index in [-0.39, 0.29) is 6.42 Å². The standard InChI is InChI=1S/C10H8N6O2S/c11-8-6-3-15-16(9(6)14-4-13-8)10-12-2-5(19-10)1-7(17)18/h2-4H,1H2,(H,17,18)(H2,11,13,14). The largest absolute Gasteiger partial charge is 0.481 e. The molecule has 0 amide bonds. The molecular weight excluding hydrogens is 268 g/mol. The highest BCUT2D eigenvalue weighted by Crippen LogP contribution is 2.23. The normalized spacial score (nSPS) is 10.9. The van der Waals surface area contributed by atoms with Crippen molar-refractivity contribution < 1.29 is 9.90 Å². The molecule has 0 unspecified atom stereocenters. The van der Waals surface area contributed by atoms with Gasteiger partial charge in [0.1, 0.15) is 12.1 Å². The van der Waals surface area contributed by atoms with E-state index in [1.807, 2.05) is 0 Å². The van der Waals surface area contributed by atoms with Crippen molar-refractivity contribution >= 4 is 34.2 Å². The maximum absolute atomic E-state index is 10.6. The van der Waals surface area contributed by atoms with Crippen molar-refractivity contribution in [2.75, 3.05) is 5.73 Å². The minimum absolute atomic E-state index is 0.0615. The van der Waals surface area contributed by atoms with E-state index in [2.05, 4.69) is 20.1 Å². The van der Waals surface area contributed by atoms with Crippen molar-refractivity contribution in [2.45, 2.75) is 6.42 Å². The maximum atomic E-state index is 10.6. The molecule has 0 aliphatic rings. The van der Waals surface area contributed by atoms with Crippen LogP contribution >= 0.6 is 11.3 Å². The Morgan fingerprint density at radius 3 is 3.00 bits per heavy atom. The third-order valence-electron chi connectivity index (χ3n) is 2.44. The lowest BCUT2D eigenvalue weighted by molar-refractivity contribution is -0.136. The summed E-state index contributed by atoms with van der Waals surface area (Å²) >= 11 is 1.25. The van der Waals surface area contributed by atoms with Gasteiger partial charge in [-0.2, -0.15) is 9.78 Å². The van der Waals surface area contributed by atoms with Crippen LogP contribution in [0.5, 0.6) is 0 Å². The van der Waals surface area contributed by atoms with Crippen LogP contribution in [0, 0.1) is 0 Å². The van der Waals surface area contributed by atoms with E-state index < -0.39 is 5.97 Å². The van der Waals surface area contributed by atoms with E-state index in [9.17, 15) is 4.79 Å². The molecule has 0 aliphatic heterocycles. The minimum atomic E-state index is -0.896. The van der Waals surface area contributed by atoms with Crippen LogP contribution in [-0.4, -0.2) is 35.8 Å². The number of carboxylic acids is 1. The Balaban J connectivity index is 2.07. The molecule has 0 saturated heterocycles. The molecule has 0 spiro atoms. The zero-order valence-corrected chi connectivity index (χ0v) is 10.3. The van der Waals surface area contributed by atoms with Gasteiger partial charge in [0.05, 0.1) is 18.0 Å². The lowest BCUT2D eigenvalue weighted by Crippen LogP contribution is -1.98. The number of hydrogen-bond donors (Lipinski definition) is 2. The van der Waals surface area contributed by atoms with Gasteiger partial charge < -0.3 is 10.8 Å². The molecule has 0 radical (unpaired) electrons. The SMILES string of the molecule is Nc1ncnc2c1cnn2-c1ncc(CC(=O)O)s1. The fourth-order valence-electron chi connectivity index (χ4n) is 1.63. The summed E-state index contributed by atoms with van der Waals surface area (Å²) in [5.74, 6) is -0.550. The molecule has 9 heteroatoms. The van der Waals surface area contributed by atoms with Crippen LogP contribution in [0.4, 0.5) is 5.82 Å². The summed E-state index contributed by atoms with van der Waals surface area (Å²) in [6.07, 6.45) is 4.37. The van der Waals surface area contributed by atoms with Gasteiger partial charge >= 0.3 is 5.97 Å². The van der Waals surface area contributed by atoms with E-state index in [4.69, 9.17) is 10.8 Å². The van der Waals surface area contributed by atoms with E-state index in [1.165, 1.54) is 28.5 Å². The smallest absolute Gasteiger partial charge is 0.308 e. The Hall–Kier alpha value is -2.55. The van der Waals surface area contributed by atoms with Crippen LogP contribution < -0.4 is 5.73 Å². The number of fused-ring (bicyclic) bond motifs is 1. The average Bonchev–Trinajstić information content (AvgIpc) is 2.95. The average molecular weight is 276 g/mol. The van der Waals surface area contributed by atoms with Gasteiger partial charge in [0.2, 0.25) is 5.13 Å². The lowest BCUT2D eigenvalue weighted by Gasteiger charge is -1.97. The van der Waals surface area contributed by atoms with Gasteiger partial charge in [-0.25, -0.2) is 15.0 Å². The molecule has 0 aromatic carbocycles. The molecule has 0 aliphatic carbocycles. The number of hydrogen-bond acceptors (Lipinski definition) is 7. The first-order valence-corrected chi connectivity index (χ1v) is 6.08. The predicted molar refractivity (Wildman–Crippen MR) is 68.1 cm³/mol. The zero-order chi connectivity index (χ0) is 13.4. The van der Waals surface area contributed by atoms with E-state index in [0.717, 1.165) is 0 Å². The number of anilines is 1. The monoisotopic (exact) mass is 276 g/mol. The predicted octanol–water partition coefficient (Wildman–Crippen LogP) is 0.481. The summed E-state index contributed by atoms with van der Waals surface area (Å²) < 4.78 is 1.52. The highest BCUT2D eigenvalue weighted by molar-refractivity contribution is 7.14. The van der Waals surface area contributed by atoms with Crippen LogP contribution in [0.2, 0.25) is 0 Å². The second kappa shape index (κ2) is 4.28. The number of carboxylic acid groups (broad SMARTS) is 1. The van der Waals surface area contributed by atoms with Gasteiger partial charge in [-0.3, -0.25) is 4.79 Å². The molecule has 8 nitrogen and oxygen atoms in total. The zero-order valence-electron chi connectivity index (χ0n) is 9.52. The van der Waals surface area contributed by atoms with Crippen molar-refractivity contribution in [3.63, 3.8) is 0 Å². The second-order valence-corrected chi connectivity index (χ2v) is 4.83. The van der Waals surface area contributed by atoms with Crippen molar-refractivity contribution in [3.05, 3.63) is 23.6 Å². The summed E-state index contributed by atoms with van der Waals surface area (Å²) in [5, 5.41) is 14.1. The molecule has 0 bridgehead atoms. The summed E-state index contributed by atoms with van der Waals surface area (Å²) in [4.78, 5) is 23.4. The topological polar surface area (TPSA) is 120 Å². The number of aromatic nitrogens is 5. The van der Waals surface area contributed by atoms with Crippen molar-refractivity contribution in [1.82, 2.24) is 24.7 Å². The first kappa shape index (κ1) is 11.5. The van der Waals surface area contributed by atoms with Crippen molar-refractivity contribution in [3.8, 4) is 5.13 Å². The third kappa shape index (κ3) is 1.99. The number of nitrogens with zero attached hydrogens (tertiary/aromatic N) is 5. The molecule has 19 heavy (non-hydrogen) atoms. The summed E-state index contributed by atoms with van der Waals surface area (Å²) in [6.45, 7) is 0. The van der Waals surface area contributed by atoms with Gasteiger partial charge in [0, 0.05) is 11.1 Å². The fraction of sp³-hybridized carbons (Fsp3) is 0.100. The van der Waals surface area contributed by atoms with Crippen LogP contribution in [0.1, 0.15) is 4.88 Å². The summed E-state index contributed by atoms with van der Waals surface area (Å²) in [6, 6.07) is 0. The van der Waals surface area contributed by atoms with Gasteiger partial charge in [-0.05, 0) is 0 Å².